The summed E-state index contributed by atoms with van der Waals surface area (Å²) in [7, 11) is 3.99. The first-order valence-corrected chi connectivity index (χ1v) is 6.50. The molecule has 1 N–H and O–H groups in total. The van der Waals surface area contributed by atoms with E-state index in [1.54, 1.807) is 12.4 Å². The molecule has 3 aromatic rings. The SMILES string of the molecule is CN(C)Cc1ccc(F)c(-c2cncc3[nH]ccc23)c1. The van der Waals surface area contributed by atoms with E-state index in [0.29, 0.717) is 5.56 Å². The van der Waals surface area contributed by atoms with E-state index in [-0.39, 0.29) is 5.82 Å². The van der Waals surface area contributed by atoms with Gasteiger partial charge in [-0.15, -0.1) is 0 Å². The predicted molar refractivity (Wildman–Crippen MR) is 78.9 cm³/mol. The summed E-state index contributed by atoms with van der Waals surface area (Å²) in [4.78, 5) is 9.35. The topological polar surface area (TPSA) is 31.9 Å². The lowest BCUT2D eigenvalue weighted by atomic mass is 10.0. The number of hydrogen-bond donors (Lipinski definition) is 1. The van der Waals surface area contributed by atoms with E-state index in [2.05, 4.69) is 14.9 Å². The highest BCUT2D eigenvalue weighted by Crippen LogP contribution is 2.30. The lowest BCUT2D eigenvalue weighted by Crippen LogP contribution is -2.10. The molecule has 2 heterocycles. The van der Waals surface area contributed by atoms with E-state index < -0.39 is 0 Å². The van der Waals surface area contributed by atoms with Crippen LogP contribution in [-0.2, 0) is 6.54 Å². The van der Waals surface area contributed by atoms with Gasteiger partial charge >= 0.3 is 0 Å². The quantitative estimate of drug-likeness (QED) is 0.790. The molecule has 0 aliphatic heterocycles. The van der Waals surface area contributed by atoms with Crippen LogP contribution in [0.1, 0.15) is 5.56 Å². The van der Waals surface area contributed by atoms with Crippen molar-refractivity contribution in [2.45, 2.75) is 6.54 Å². The molecule has 0 aliphatic carbocycles. The minimum atomic E-state index is -0.219. The molecule has 20 heavy (non-hydrogen) atoms. The molecule has 4 heteroatoms. The van der Waals surface area contributed by atoms with E-state index in [9.17, 15) is 4.39 Å². The normalized spacial score (nSPS) is 11.4. The second-order valence-corrected chi connectivity index (χ2v) is 5.18. The summed E-state index contributed by atoms with van der Waals surface area (Å²) >= 11 is 0. The first kappa shape index (κ1) is 12.8. The maximum Gasteiger partial charge on any atom is 0.131 e. The Balaban J connectivity index is 2.15. The summed E-state index contributed by atoms with van der Waals surface area (Å²) in [6, 6.07) is 7.20. The smallest absolute Gasteiger partial charge is 0.131 e. The van der Waals surface area contributed by atoms with Gasteiger partial charge in [0.1, 0.15) is 5.82 Å². The van der Waals surface area contributed by atoms with Gasteiger partial charge in [-0.05, 0) is 37.9 Å². The number of benzene rings is 1. The summed E-state index contributed by atoms with van der Waals surface area (Å²) in [5.74, 6) is -0.219. The van der Waals surface area contributed by atoms with E-state index in [1.165, 1.54) is 6.07 Å². The number of aromatic nitrogens is 2. The molecule has 3 rings (SSSR count). The minimum Gasteiger partial charge on any atom is -0.360 e. The van der Waals surface area contributed by atoms with Crippen LogP contribution in [0.3, 0.4) is 0 Å². The first-order valence-electron chi connectivity index (χ1n) is 6.50. The van der Waals surface area contributed by atoms with Crippen molar-refractivity contribution >= 4 is 10.9 Å². The van der Waals surface area contributed by atoms with Gasteiger partial charge in [-0.25, -0.2) is 4.39 Å². The van der Waals surface area contributed by atoms with Gasteiger partial charge in [-0.3, -0.25) is 4.98 Å². The van der Waals surface area contributed by atoms with Crippen molar-refractivity contribution in [1.29, 1.82) is 0 Å². The van der Waals surface area contributed by atoms with E-state index in [0.717, 1.165) is 28.6 Å². The van der Waals surface area contributed by atoms with Gasteiger partial charge < -0.3 is 9.88 Å². The van der Waals surface area contributed by atoms with Crippen LogP contribution in [0.15, 0.2) is 42.9 Å². The molecule has 1 aromatic carbocycles. The van der Waals surface area contributed by atoms with Crippen LogP contribution < -0.4 is 0 Å². The van der Waals surface area contributed by atoms with Crippen molar-refractivity contribution in [1.82, 2.24) is 14.9 Å². The number of pyridine rings is 1. The van der Waals surface area contributed by atoms with Gasteiger partial charge in [-0.2, -0.15) is 0 Å². The van der Waals surface area contributed by atoms with E-state index in [4.69, 9.17) is 0 Å². The zero-order chi connectivity index (χ0) is 14.1. The molecule has 0 unspecified atom stereocenters. The number of fused-ring (bicyclic) bond motifs is 1. The summed E-state index contributed by atoms with van der Waals surface area (Å²) in [5, 5.41) is 0.987. The number of halogens is 1. The average Bonchev–Trinajstić information content (AvgIpc) is 2.88. The zero-order valence-electron chi connectivity index (χ0n) is 11.5. The molecular formula is C16H16FN3. The third kappa shape index (κ3) is 2.30. The molecule has 0 atom stereocenters. The fourth-order valence-corrected chi connectivity index (χ4v) is 2.44. The van der Waals surface area contributed by atoms with Crippen LogP contribution in [0, 0.1) is 5.82 Å². The number of rotatable bonds is 3. The number of nitrogens with zero attached hydrogens (tertiary/aromatic N) is 2. The molecule has 0 amide bonds. The van der Waals surface area contributed by atoms with Gasteiger partial charge in [0.15, 0.2) is 0 Å². The third-order valence-corrected chi connectivity index (χ3v) is 3.30. The number of hydrogen-bond acceptors (Lipinski definition) is 2. The molecule has 0 radical (unpaired) electrons. The van der Waals surface area contributed by atoms with Crippen molar-refractivity contribution in [2.75, 3.05) is 14.1 Å². The molecule has 2 aromatic heterocycles. The Kier molecular flexibility index (Phi) is 3.24. The Morgan fingerprint density at radius 2 is 2.00 bits per heavy atom. The largest absolute Gasteiger partial charge is 0.360 e. The van der Waals surface area contributed by atoms with Crippen LogP contribution >= 0.6 is 0 Å². The Bertz CT molecular complexity index is 746. The molecule has 0 fully saturated rings. The minimum absolute atomic E-state index is 0.219. The Morgan fingerprint density at radius 3 is 2.80 bits per heavy atom. The predicted octanol–water partition coefficient (Wildman–Crippen LogP) is 3.43. The monoisotopic (exact) mass is 269 g/mol. The fourth-order valence-electron chi connectivity index (χ4n) is 2.44. The molecule has 102 valence electrons. The number of nitrogens with one attached hydrogen (secondary N) is 1. The molecule has 0 bridgehead atoms. The van der Waals surface area contributed by atoms with Gasteiger partial charge in [0.05, 0.1) is 11.7 Å². The number of aromatic amines is 1. The Hall–Kier alpha value is -2.20. The maximum atomic E-state index is 14.2. The maximum absolute atomic E-state index is 14.2. The van der Waals surface area contributed by atoms with Gasteiger partial charge in [-0.1, -0.05) is 6.07 Å². The highest BCUT2D eigenvalue weighted by molar-refractivity contribution is 5.94. The average molecular weight is 269 g/mol. The number of H-pyrrole nitrogens is 1. The van der Waals surface area contributed by atoms with Crippen molar-refractivity contribution in [3.8, 4) is 11.1 Å². The van der Waals surface area contributed by atoms with Crippen LogP contribution in [0.5, 0.6) is 0 Å². The second kappa shape index (κ2) is 5.06. The molecule has 0 spiro atoms. The van der Waals surface area contributed by atoms with E-state index in [1.807, 2.05) is 38.5 Å². The molecule has 0 aliphatic rings. The molecule has 0 saturated carbocycles. The van der Waals surface area contributed by atoms with Crippen LogP contribution in [-0.4, -0.2) is 29.0 Å². The van der Waals surface area contributed by atoms with Gasteiger partial charge in [0.25, 0.3) is 0 Å². The Labute approximate surface area is 117 Å². The zero-order valence-corrected chi connectivity index (χ0v) is 11.5. The highest BCUT2D eigenvalue weighted by Gasteiger charge is 2.11. The lowest BCUT2D eigenvalue weighted by Gasteiger charge is -2.12. The summed E-state index contributed by atoms with van der Waals surface area (Å²) in [6.45, 7) is 0.782. The van der Waals surface area contributed by atoms with E-state index >= 15 is 0 Å². The standard InChI is InChI=1S/C16H16FN3/c1-20(2)10-11-3-4-15(17)13(7-11)14-8-18-9-16-12(14)5-6-19-16/h3-9,19H,10H2,1-2H3. The van der Waals surface area contributed by atoms with Crippen molar-refractivity contribution in [3.05, 3.63) is 54.2 Å². The first-order chi connectivity index (χ1) is 9.65. The molecule has 0 saturated heterocycles. The van der Waals surface area contributed by atoms with Crippen LogP contribution in [0.2, 0.25) is 0 Å². The van der Waals surface area contributed by atoms with Gasteiger partial charge in [0.2, 0.25) is 0 Å². The van der Waals surface area contributed by atoms with Crippen molar-refractivity contribution in [2.24, 2.45) is 0 Å². The second-order valence-electron chi connectivity index (χ2n) is 5.18. The third-order valence-electron chi connectivity index (χ3n) is 3.30. The van der Waals surface area contributed by atoms with Crippen molar-refractivity contribution in [3.63, 3.8) is 0 Å². The highest BCUT2D eigenvalue weighted by atomic mass is 19.1. The van der Waals surface area contributed by atoms with Gasteiger partial charge in [0, 0.05) is 35.5 Å². The fraction of sp³-hybridized carbons (Fsp3) is 0.188. The molecular weight excluding hydrogens is 253 g/mol. The van der Waals surface area contributed by atoms with Crippen LogP contribution in [0.4, 0.5) is 4.39 Å². The van der Waals surface area contributed by atoms with Crippen molar-refractivity contribution < 1.29 is 4.39 Å². The summed E-state index contributed by atoms with van der Waals surface area (Å²) < 4.78 is 14.2. The Morgan fingerprint density at radius 1 is 1.15 bits per heavy atom. The lowest BCUT2D eigenvalue weighted by molar-refractivity contribution is 0.402. The van der Waals surface area contributed by atoms with Crippen LogP contribution in [0.25, 0.3) is 22.0 Å². The molecule has 3 nitrogen and oxygen atoms in total. The summed E-state index contributed by atoms with van der Waals surface area (Å²) in [5.41, 5.74) is 3.42. The summed E-state index contributed by atoms with van der Waals surface area (Å²) in [6.07, 6.45) is 5.31.